The van der Waals surface area contributed by atoms with Crippen LogP contribution in [0.25, 0.3) is 5.57 Å². The molecule has 5 nitrogen and oxygen atoms in total. The van der Waals surface area contributed by atoms with Gasteiger partial charge in [0.15, 0.2) is 6.54 Å². The molecule has 0 radical (unpaired) electrons. The van der Waals surface area contributed by atoms with Crippen LogP contribution < -0.4 is 15.1 Å². The van der Waals surface area contributed by atoms with Gasteiger partial charge < -0.3 is 10.2 Å². The van der Waals surface area contributed by atoms with Crippen LogP contribution in [0.2, 0.25) is 0 Å². The Labute approximate surface area is 165 Å². The fourth-order valence-corrected chi connectivity index (χ4v) is 4.05. The predicted octanol–water partition coefficient (Wildman–Crippen LogP) is 2.12. The summed E-state index contributed by atoms with van der Waals surface area (Å²) in [4.78, 5) is 28.7. The molecule has 0 aromatic heterocycles. The Balaban J connectivity index is 1.51. The smallest absolute Gasteiger partial charge is 0.283 e. The molecule has 2 aliphatic heterocycles. The van der Waals surface area contributed by atoms with Gasteiger partial charge in [-0.3, -0.25) is 14.5 Å². The number of anilines is 2. The van der Waals surface area contributed by atoms with Crippen LogP contribution in [0.5, 0.6) is 0 Å². The summed E-state index contributed by atoms with van der Waals surface area (Å²) in [5, 5.41) is 2.91. The Morgan fingerprint density at radius 1 is 1.11 bits per heavy atom. The van der Waals surface area contributed by atoms with E-state index in [1.165, 1.54) is 16.0 Å². The van der Waals surface area contributed by atoms with E-state index in [0.29, 0.717) is 12.2 Å². The number of nitrogens with one attached hydrogen (secondary N) is 2. The largest absolute Gasteiger partial charge is 0.324 e. The Hall–Kier alpha value is -2.92. The van der Waals surface area contributed by atoms with Crippen molar-refractivity contribution in [3.8, 4) is 0 Å². The first-order valence-electron chi connectivity index (χ1n) is 9.78. The summed E-state index contributed by atoms with van der Waals surface area (Å²) in [6.07, 6.45) is 3.19. The molecule has 2 aliphatic rings. The maximum Gasteiger partial charge on any atom is 0.283 e. The van der Waals surface area contributed by atoms with Crippen LogP contribution in [-0.2, 0) is 9.59 Å². The first-order chi connectivity index (χ1) is 13.5. The number of rotatable bonds is 3. The van der Waals surface area contributed by atoms with Gasteiger partial charge in [0, 0.05) is 6.42 Å². The molecule has 2 heterocycles. The quantitative estimate of drug-likeness (QED) is 0.862. The Morgan fingerprint density at radius 3 is 2.54 bits per heavy atom. The number of nitrogens with zero attached hydrogens (tertiary/aromatic N) is 1. The lowest BCUT2D eigenvalue weighted by molar-refractivity contribution is -0.886. The first kappa shape index (κ1) is 18.4. The van der Waals surface area contributed by atoms with E-state index in [1.54, 1.807) is 18.7 Å². The van der Waals surface area contributed by atoms with Crippen molar-refractivity contribution in [2.75, 3.05) is 29.9 Å². The fourth-order valence-electron chi connectivity index (χ4n) is 4.05. The first-order valence-corrected chi connectivity index (χ1v) is 9.78. The number of fused-ring (bicyclic) bond motifs is 1. The predicted molar refractivity (Wildman–Crippen MR) is 111 cm³/mol. The second-order valence-corrected chi connectivity index (χ2v) is 7.99. The van der Waals surface area contributed by atoms with Crippen LogP contribution >= 0.6 is 0 Å². The van der Waals surface area contributed by atoms with Gasteiger partial charge in [-0.15, -0.1) is 0 Å². The molecule has 1 unspecified atom stereocenters. The number of para-hydroxylation sites is 2. The second kappa shape index (κ2) is 7.24. The normalized spacial score (nSPS) is 20.8. The number of benzene rings is 2. The van der Waals surface area contributed by atoms with Crippen molar-refractivity contribution in [3.05, 3.63) is 66.2 Å². The van der Waals surface area contributed by atoms with Crippen molar-refractivity contribution in [1.82, 2.24) is 0 Å². The van der Waals surface area contributed by atoms with Gasteiger partial charge >= 0.3 is 0 Å². The van der Waals surface area contributed by atoms with Gasteiger partial charge in [-0.2, -0.15) is 0 Å². The van der Waals surface area contributed by atoms with Crippen molar-refractivity contribution in [2.45, 2.75) is 25.8 Å². The summed E-state index contributed by atoms with van der Waals surface area (Å²) < 4.78 is 0. The van der Waals surface area contributed by atoms with Gasteiger partial charge in [0.05, 0.1) is 24.5 Å². The fraction of sp³-hybridized carbons (Fsp3) is 0.304. The number of hydrogen-bond acceptors (Lipinski definition) is 2. The molecule has 28 heavy (non-hydrogen) atoms. The van der Waals surface area contributed by atoms with Crippen LogP contribution in [0.3, 0.4) is 0 Å². The van der Waals surface area contributed by atoms with Crippen LogP contribution in [0.4, 0.5) is 11.4 Å². The lowest BCUT2D eigenvalue weighted by Gasteiger charge is -2.42. The molecular formula is C23H26N3O2+. The zero-order valence-corrected chi connectivity index (χ0v) is 16.4. The Morgan fingerprint density at radius 2 is 1.82 bits per heavy atom. The van der Waals surface area contributed by atoms with Gasteiger partial charge in [-0.05, 0) is 43.2 Å². The molecule has 4 rings (SSSR count). The maximum atomic E-state index is 13.2. The summed E-state index contributed by atoms with van der Waals surface area (Å²) in [6, 6.07) is 17.9. The van der Waals surface area contributed by atoms with Gasteiger partial charge in [0.2, 0.25) is 5.91 Å². The van der Waals surface area contributed by atoms with Crippen molar-refractivity contribution < 1.29 is 14.5 Å². The van der Waals surface area contributed by atoms with E-state index in [0.717, 1.165) is 25.2 Å². The van der Waals surface area contributed by atoms with Crippen molar-refractivity contribution in [1.29, 1.82) is 0 Å². The van der Waals surface area contributed by atoms with E-state index in [4.69, 9.17) is 0 Å². The molecule has 0 bridgehead atoms. The minimum absolute atomic E-state index is 0.0149. The molecule has 1 atom stereocenters. The topological polar surface area (TPSA) is 53.9 Å². The van der Waals surface area contributed by atoms with E-state index in [9.17, 15) is 9.59 Å². The van der Waals surface area contributed by atoms with Crippen LogP contribution in [0.1, 0.15) is 25.8 Å². The summed E-state index contributed by atoms with van der Waals surface area (Å²) in [7, 11) is 0. The van der Waals surface area contributed by atoms with Gasteiger partial charge in [0.25, 0.3) is 5.91 Å². The minimum atomic E-state index is -0.911. The highest BCUT2D eigenvalue weighted by atomic mass is 16.2. The standard InChI is InChI=1S/C23H25N3O2/c1-23(2)22(28)24-19-10-6-7-11-20(19)26(23)21(27)16-25-14-12-18(13-15-25)17-8-4-3-5-9-17/h3-12H,13-16H2,1-2H3,(H,24,28)/p+1. The summed E-state index contributed by atoms with van der Waals surface area (Å²) in [5.74, 6) is -0.168. The molecule has 2 aromatic carbocycles. The van der Waals surface area contributed by atoms with Crippen molar-refractivity contribution in [3.63, 3.8) is 0 Å². The molecule has 0 saturated carbocycles. The number of carbonyl (C=O) groups is 2. The highest BCUT2D eigenvalue weighted by Gasteiger charge is 2.44. The van der Waals surface area contributed by atoms with Gasteiger partial charge in [0.1, 0.15) is 5.54 Å². The summed E-state index contributed by atoms with van der Waals surface area (Å²) in [6.45, 7) is 5.71. The molecule has 0 spiro atoms. The highest BCUT2D eigenvalue weighted by Crippen LogP contribution is 2.36. The zero-order valence-electron chi connectivity index (χ0n) is 16.4. The molecule has 144 valence electrons. The third kappa shape index (κ3) is 3.34. The number of hydrogen-bond donors (Lipinski definition) is 2. The summed E-state index contributed by atoms with van der Waals surface area (Å²) >= 11 is 0. The zero-order chi connectivity index (χ0) is 19.7. The number of carbonyl (C=O) groups excluding carboxylic acids is 2. The molecule has 5 heteroatoms. The highest BCUT2D eigenvalue weighted by molar-refractivity contribution is 6.14. The van der Waals surface area contributed by atoms with E-state index < -0.39 is 5.54 Å². The monoisotopic (exact) mass is 376 g/mol. The van der Waals surface area contributed by atoms with Crippen LogP contribution in [0, 0.1) is 0 Å². The van der Waals surface area contributed by atoms with E-state index in [-0.39, 0.29) is 11.8 Å². The second-order valence-electron chi connectivity index (χ2n) is 7.99. The maximum absolute atomic E-state index is 13.2. The molecule has 0 fully saturated rings. The molecule has 0 aliphatic carbocycles. The average Bonchev–Trinajstić information content (AvgIpc) is 2.70. The van der Waals surface area contributed by atoms with Crippen molar-refractivity contribution >= 4 is 28.8 Å². The minimum Gasteiger partial charge on any atom is -0.324 e. The number of quaternary nitrogens is 1. The average molecular weight is 376 g/mol. The van der Waals surface area contributed by atoms with E-state index >= 15 is 0 Å². The van der Waals surface area contributed by atoms with Gasteiger partial charge in [-0.1, -0.05) is 42.5 Å². The molecular weight excluding hydrogens is 350 g/mol. The molecule has 2 N–H and O–H groups in total. The third-order valence-electron chi connectivity index (χ3n) is 5.69. The van der Waals surface area contributed by atoms with Crippen LogP contribution in [-0.4, -0.2) is 37.0 Å². The number of amides is 2. The molecule has 2 aromatic rings. The van der Waals surface area contributed by atoms with E-state index in [1.807, 2.05) is 30.3 Å². The molecule has 0 saturated heterocycles. The van der Waals surface area contributed by atoms with Gasteiger partial charge in [-0.25, -0.2) is 0 Å². The van der Waals surface area contributed by atoms with Crippen molar-refractivity contribution in [2.24, 2.45) is 0 Å². The molecule has 2 amide bonds. The summed E-state index contributed by atoms with van der Waals surface area (Å²) in [5.41, 5.74) is 3.16. The van der Waals surface area contributed by atoms with E-state index in [2.05, 4.69) is 35.7 Å². The SMILES string of the molecule is CC1(C)C(=O)Nc2ccccc2N1C(=O)C[NH+]1CC=C(c2ccccc2)CC1. The third-order valence-corrected chi connectivity index (χ3v) is 5.69. The lowest BCUT2D eigenvalue weighted by Crippen LogP contribution is -3.13. The lowest BCUT2D eigenvalue weighted by atomic mass is 9.95. The Kier molecular flexibility index (Phi) is 4.77. The Bertz CT molecular complexity index is 934. The van der Waals surface area contributed by atoms with Crippen LogP contribution in [0.15, 0.2) is 60.7 Å².